The highest BCUT2D eigenvalue weighted by Crippen LogP contribution is 2.32. The topological polar surface area (TPSA) is 0 Å². The summed E-state index contributed by atoms with van der Waals surface area (Å²) in [6.07, 6.45) is 11.3. The van der Waals surface area contributed by atoms with Crippen molar-refractivity contribution in [2.45, 2.75) is 25.7 Å². The van der Waals surface area contributed by atoms with Crippen LogP contribution in [-0.4, -0.2) is 0 Å². The third-order valence-electron chi connectivity index (χ3n) is 3.20. The molecule has 0 heteroatoms. The predicted molar refractivity (Wildman–Crippen MR) is 65.9 cm³/mol. The maximum Gasteiger partial charge on any atom is -0.00985 e. The fraction of sp³-hybridized carbons (Fsp3) is 0.333. The van der Waals surface area contributed by atoms with E-state index in [1.807, 2.05) is 0 Å². The molecular weight excluding hydrogens is 180 g/mol. The molecule has 0 bridgehead atoms. The Hall–Kier alpha value is -1.30. The highest BCUT2D eigenvalue weighted by Gasteiger charge is 2.18. The molecule has 2 rings (SSSR count). The molecule has 0 heterocycles. The molecule has 0 saturated carbocycles. The number of benzene rings is 1. The van der Waals surface area contributed by atoms with Crippen molar-refractivity contribution in [1.29, 1.82) is 0 Å². The Morgan fingerprint density at radius 2 is 2.00 bits per heavy atom. The SMILES string of the molecule is CCC(c1ccccc1)C1C=CC=CC1. The molecule has 0 aromatic heterocycles. The van der Waals surface area contributed by atoms with Crippen LogP contribution in [0.15, 0.2) is 54.6 Å². The summed E-state index contributed by atoms with van der Waals surface area (Å²) in [5.74, 6) is 1.36. The van der Waals surface area contributed by atoms with Gasteiger partial charge in [-0.3, -0.25) is 0 Å². The van der Waals surface area contributed by atoms with Gasteiger partial charge in [-0.05, 0) is 30.2 Å². The molecule has 0 radical (unpaired) electrons. The summed E-state index contributed by atoms with van der Waals surface area (Å²) in [5, 5.41) is 0. The van der Waals surface area contributed by atoms with E-state index < -0.39 is 0 Å². The van der Waals surface area contributed by atoms with Gasteiger partial charge < -0.3 is 0 Å². The Morgan fingerprint density at radius 1 is 1.20 bits per heavy atom. The molecule has 1 aliphatic carbocycles. The molecule has 0 nitrogen and oxygen atoms in total. The van der Waals surface area contributed by atoms with E-state index in [1.165, 1.54) is 18.4 Å². The quantitative estimate of drug-likeness (QED) is 0.678. The lowest BCUT2D eigenvalue weighted by Crippen LogP contribution is -2.10. The third kappa shape index (κ3) is 2.38. The summed E-state index contributed by atoms with van der Waals surface area (Å²) in [7, 11) is 0. The summed E-state index contributed by atoms with van der Waals surface area (Å²) in [4.78, 5) is 0. The first-order valence-electron chi connectivity index (χ1n) is 5.80. The average Bonchev–Trinajstić information content (AvgIpc) is 2.33. The lowest BCUT2D eigenvalue weighted by atomic mass is 9.81. The molecular formula is C15H18. The van der Waals surface area contributed by atoms with Crippen LogP contribution in [0.5, 0.6) is 0 Å². The summed E-state index contributed by atoms with van der Waals surface area (Å²) in [5.41, 5.74) is 1.48. The van der Waals surface area contributed by atoms with E-state index in [9.17, 15) is 0 Å². The van der Waals surface area contributed by atoms with Gasteiger partial charge in [0.15, 0.2) is 0 Å². The van der Waals surface area contributed by atoms with Gasteiger partial charge in [0, 0.05) is 0 Å². The van der Waals surface area contributed by atoms with E-state index in [-0.39, 0.29) is 0 Å². The minimum atomic E-state index is 0.674. The van der Waals surface area contributed by atoms with Gasteiger partial charge in [-0.25, -0.2) is 0 Å². The summed E-state index contributed by atoms with van der Waals surface area (Å²) < 4.78 is 0. The van der Waals surface area contributed by atoms with Gasteiger partial charge in [-0.1, -0.05) is 61.6 Å². The molecule has 2 unspecified atom stereocenters. The minimum absolute atomic E-state index is 0.674. The molecule has 1 aromatic rings. The van der Waals surface area contributed by atoms with Crippen molar-refractivity contribution < 1.29 is 0 Å². The van der Waals surface area contributed by atoms with Gasteiger partial charge in [-0.15, -0.1) is 0 Å². The van der Waals surface area contributed by atoms with Crippen LogP contribution in [0.25, 0.3) is 0 Å². The first-order chi connectivity index (χ1) is 7.42. The van der Waals surface area contributed by atoms with Crippen molar-refractivity contribution in [3.05, 3.63) is 60.2 Å². The Kier molecular flexibility index (Phi) is 3.39. The zero-order valence-corrected chi connectivity index (χ0v) is 9.27. The monoisotopic (exact) mass is 198 g/mol. The Bertz CT molecular complexity index is 346. The van der Waals surface area contributed by atoms with Crippen LogP contribution < -0.4 is 0 Å². The number of allylic oxidation sites excluding steroid dienone is 4. The molecule has 0 spiro atoms. The first-order valence-corrected chi connectivity index (χ1v) is 5.80. The maximum atomic E-state index is 2.35. The van der Waals surface area contributed by atoms with Gasteiger partial charge >= 0.3 is 0 Å². The zero-order valence-electron chi connectivity index (χ0n) is 9.27. The van der Waals surface area contributed by atoms with E-state index in [0.29, 0.717) is 11.8 Å². The van der Waals surface area contributed by atoms with E-state index in [1.54, 1.807) is 0 Å². The van der Waals surface area contributed by atoms with Crippen molar-refractivity contribution in [3.63, 3.8) is 0 Å². The van der Waals surface area contributed by atoms with Crippen molar-refractivity contribution >= 4 is 0 Å². The smallest absolute Gasteiger partial charge is 0.00985 e. The third-order valence-corrected chi connectivity index (χ3v) is 3.20. The van der Waals surface area contributed by atoms with Crippen molar-refractivity contribution in [2.24, 2.45) is 5.92 Å². The second-order valence-electron chi connectivity index (χ2n) is 4.14. The van der Waals surface area contributed by atoms with Crippen LogP contribution >= 0.6 is 0 Å². The Morgan fingerprint density at radius 3 is 2.60 bits per heavy atom. The van der Waals surface area contributed by atoms with Gasteiger partial charge in [0.1, 0.15) is 0 Å². The zero-order chi connectivity index (χ0) is 10.5. The van der Waals surface area contributed by atoms with Crippen LogP contribution in [0.4, 0.5) is 0 Å². The molecule has 0 N–H and O–H groups in total. The van der Waals surface area contributed by atoms with Gasteiger partial charge in [-0.2, -0.15) is 0 Å². The molecule has 0 saturated heterocycles. The van der Waals surface area contributed by atoms with Crippen LogP contribution in [0.1, 0.15) is 31.2 Å². The molecule has 0 aliphatic heterocycles. The number of hydrogen-bond donors (Lipinski definition) is 0. The van der Waals surface area contributed by atoms with Gasteiger partial charge in [0.05, 0.1) is 0 Å². The van der Waals surface area contributed by atoms with E-state index >= 15 is 0 Å². The van der Waals surface area contributed by atoms with Gasteiger partial charge in [0.25, 0.3) is 0 Å². The summed E-state index contributed by atoms with van der Waals surface area (Å²) in [6, 6.07) is 10.9. The minimum Gasteiger partial charge on any atom is -0.0839 e. The predicted octanol–water partition coefficient (Wildman–Crippen LogP) is 4.31. The Labute approximate surface area is 92.3 Å². The molecule has 1 aliphatic rings. The van der Waals surface area contributed by atoms with Crippen LogP contribution in [0.3, 0.4) is 0 Å². The van der Waals surface area contributed by atoms with Crippen molar-refractivity contribution in [1.82, 2.24) is 0 Å². The van der Waals surface area contributed by atoms with E-state index in [4.69, 9.17) is 0 Å². The average molecular weight is 198 g/mol. The van der Waals surface area contributed by atoms with E-state index in [2.05, 4.69) is 61.6 Å². The first kappa shape index (κ1) is 10.2. The largest absolute Gasteiger partial charge is 0.0839 e. The van der Waals surface area contributed by atoms with Crippen molar-refractivity contribution in [3.8, 4) is 0 Å². The highest BCUT2D eigenvalue weighted by atomic mass is 14.2. The molecule has 1 aromatic carbocycles. The lowest BCUT2D eigenvalue weighted by molar-refractivity contribution is 0.494. The Balaban J connectivity index is 2.17. The fourth-order valence-corrected chi connectivity index (χ4v) is 2.38. The van der Waals surface area contributed by atoms with Crippen LogP contribution in [0, 0.1) is 5.92 Å². The lowest BCUT2D eigenvalue weighted by Gasteiger charge is -2.24. The molecule has 2 atom stereocenters. The molecule has 0 amide bonds. The second kappa shape index (κ2) is 4.97. The highest BCUT2D eigenvalue weighted by molar-refractivity contribution is 5.24. The molecule has 15 heavy (non-hydrogen) atoms. The number of hydrogen-bond acceptors (Lipinski definition) is 0. The van der Waals surface area contributed by atoms with Crippen molar-refractivity contribution in [2.75, 3.05) is 0 Å². The maximum absolute atomic E-state index is 2.35. The normalized spacial score (nSPS) is 21.5. The summed E-state index contributed by atoms with van der Waals surface area (Å²) in [6.45, 7) is 2.28. The standard InChI is InChI=1S/C15H18/c1-2-15(13-9-5-3-6-10-13)14-11-7-4-8-12-14/h3-11,14-15H,2,12H2,1H3. The van der Waals surface area contributed by atoms with Gasteiger partial charge in [0.2, 0.25) is 0 Å². The van der Waals surface area contributed by atoms with Crippen LogP contribution in [-0.2, 0) is 0 Å². The fourth-order valence-electron chi connectivity index (χ4n) is 2.38. The van der Waals surface area contributed by atoms with Crippen LogP contribution in [0.2, 0.25) is 0 Å². The van der Waals surface area contributed by atoms with E-state index in [0.717, 1.165) is 0 Å². The second-order valence-corrected chi connectivity index (χ2v) is 4.14. The summed E-state index contributed by atoms with van der Waals surface area (Å²) >= 11 is 0. The molecule has 78 valence electrons. The number of rotatable bonds is 3. The molecule has 0 fully saturated rings.